The van der Waals surface area contributed by atoms with Gasteiger partial charge in [-0.2, -0.15) is 0 Å². The minimum atomic E-state index is 0.625. The van der Waals surface area contributed by atoms with E-state index in [2.05, 4.69) is 30.0 Å². The molecule has 1 N–H and O–H groups in total. The Morgan fingerprint density at radius 2 is 2.00 bits per heavy atom. The van der Waals surface area contributed by atoms with Crippen LogP contribution in [0.15, 0.2) is 24.3 Å². The quantitative estimate of drug-likeness (QED) is 0.741. The molecule has 1 aliphatic heterocycles. The Morgan fingerprint density at radius 1 is 1.27 bits per heavy atom. The minimum Gasteiger partial charge on any atom is -0.349 e. The molecule has 0 spiro atoms. The lowest BCUT2D eigenvalue weighted by atomic mass is 9.81. The third-order valence-corrected chi connectivity index (χ3v) is 3.69. The lowest BCUT2D eigenvalue weighted by molar-refractivity contribution is 0.148. The monoisotopic (exact) mass is 200 g/mol. The fraction of sp³-hybridized carbons (Fsp3) is 0.462. The van der Waals surface area contributed by atoms with Crippen LogP contribution >= 0.6 is 0 Å². The number of nitrogens with zero attached hydrogens (tertiary/aromatic N) is 1. The van der Waals surface area contributed by atoms with Crippen molar-refractivity contribution in [3.8, 4) is 0 Å². The summed E-state index contributed by atoms with van der Waals surface area (Å²) in [7, 11) is 0. The predicted molar refractivity (Wildman–Crippen MR) is 61.0 cm³/mol. The fourth-order valence-corrected chi connectivity index (χ4v) is 2.73. The number of nitrogens with one attached hydrogen (secondary N) is 1. The van der Waals surface area contributed by atoms with Gasteiger partial charge in [0, 0.05) is 18.2 Å². The lowest BCUT2D eigenvalue weighted by Crippen LogP contribution is -2.43. The molecule has 15 heavy (non-hydrogen) atoms. The smallest absolute Gasteiger partial charge is 0.128 e. The highest BCUT2D eigenvalue weighted by Crippen LogP contribution is 2.36. The van der Waals surface area contributed by atoms with Gasteiger partial charge in [-0.1, -0.05) is 31.2 Å². The molecule has 1 aromatic carbocycles. The highest BCUT2D eigenvalue weighted by molar-refractivity contribution is 6.00. The molecule has 1 fully saturated rings. The Kier molecular flexibility index (Phi) is 1.84. The zero-order valence-corrected chi connectivity index (χ0v) is 9.03. The first-order valence-electron chi connectivity index (χ1n) is 5.69. The van der Waals surface area contributed by atoms with E-state index in [1.54, 1.807) is 0 Å². The van der Waals surface area contributed by atoms with Gasteiger partial charge in [0.25, 0.3) is 0 Å². The average Bonchev–Trinajstić information content (AvgIpc) is 2.52. The molecule has 1 aliphatic carbocycles. The van der Waals surface area contributed by atoms with Gasteiger partial charge in [0.15, 0.2) is 0 Å². The number of amidine groups is 1. The molecule has 0 atom stereocenters. The van der Waals surface area contributed by atoms with Crippen LogP contribution in [0.1, 0.15) is 30.9 Å². The van der Waals surface area contributed by atoms with Gasteiger partial charge >= 0.3 is 0 Å². The minimum absolute atomic E-state index is 0.625. The third-order valence-electron chi connectivity index (χ3n) is 3.69. The molecule has 0 bridgehead atoms. The second kappa shape index (κ2) is 3.09. The number of benzene rings is 1. The summed E-state index contributed by atoms with van der Waals surface area (Å²) in [6.45, 7) is 3.25. The van der Waals surface area contributed by atoms with Gasteiger partial charge in [0.05, 0.1) is 0 Å². The Balaban J connectivity index is 1.84. The molecule has 2 aliphatic rings. The number of hydrogen-bond donors (Lipinski definition) is 1. The van der Waals surface area contributed by atoms with Crippen molar-refractivity contribution >= 4 is 5.84 Å². The summed E-state index contributed by atoms with van der Waals surface area (Å²) >= 11 is 0. The largest absolute Gasteiger partial charge is 0.349 e. The normalized spacial score (nSPS) is 28.9. The van der Waals surface area contributed by atoms with E-state index in [0.29, 0.717) is 6.04 Å². The van der Waals surface area contributed by atoms with Gasteiger partial charge in [-0.15, -0.1) is 0 Å². The van der Waals surface area contributed by atoms with Gasteiger partial charge in [0.2, 0.25) is 0 Å². The summed E-state index contributed by atoms with van der Waals surface area (Å²) in [5.74, 6) is 1.59. The Bertz CT molecular complexity index is 405. The van der Waals surface area contributed by atoms with E-state index in [4.69, 9.17) is 5.41 Å². The second-order valence-corrected chi connectivity index (χ2v) is 4.86. The van der Waals surface area contributed by atoms with Crippen molar-refractivity contribution < 1.29 is 0 Å². The van der Waals surface area contributed by atoms with Crippen molar-refractivity contribution in [3.63, 3.8) is 0 Å². The number of hydrogen-bond acceptors (Lipinski definition) is 1. The molecule has 2 nitrogen and oxygen atoms in total. The topological polar surface area (TPSA) is 27.1 Å². The molecule has 0 unspecified atom stereocenters. The SMILES string of the molecule is CC1CC(N2Cc3ccccc3C2=N)C1. The summed E-state index contributed by atoms with van der Waals surface area (Å²) in [4.78, 5) is 2.27. The van der Waals surface area contributed by atoms with Crippen LogP contribution in [0.2, 0.25) is 0 Å². The van der Waals surface area contributed by atoms with E-state index < -0.39 is 0 Å². The van der Waals surface area contributed by atoms with Crippen molar-refractivity contribution in [1.29, 1.82) is 5.41 Å². The average molecular weight is 200 g/mol. The Morgan fingerprint density at radius 3 is 2.67 bits per heavy atom. The molecule has 1 heterocycles. The highest BCUT2D eigenvalue weighted by Gasteiger charge is 2.36. The summed E-state index contributed by atoms with van der Waals surface area (Å²) in [6, 6.07) is 8.94. The van der Waals surface area contributed by atoms with Crippen molar-refractivity contribution in [2.24, 2.45) is 5.92 Å². The van der Waals surface area contributed by atoms with E-state index in [9.17, 15) is 0 Å². The van der Waals surface area contributed by atoms with E-state index in [1.807, 2.05) is 6.07 Å². The highest BCUT2D eigenvalue weighted by atomic mass is 15.2. The zero-order chi connectivity index (χ0) is 10.4. The lowest BCUT2D eigenvalue weighted by Gasteiger charge is -2.40. The van der Waals surface area contributed by atoms with Gasteiger partial charge < -0.3 is 4.90 Å². The maximum Gasteiger partial charge on any atom is 0.128 e. The van der Waals surface area contributed by atoms with Crippen LogP contribution in [0.5, 0.6) is 0 Å². The molecule has 0 radical (unpaired) electrons. The van der Waals surface area contributed by atoms with Crippen molar-refractivity contribution in [2.45, 2.75) is 32.4 Å². The third kappa shape index (κ3) is 1.28. The van der Waals surface area contributed by atoms with Crippen LogP contribution in [0.4, 0.5) is 0 Å². The number of rotatable bonds is 1. The van der Waals surface area contributed by atoms with Gasteiger partial charge in [-0.25, -0.2) is 0 Å². The van der Waals surface area contributed by atoms with Crippen molar-refractivity contribution in [3.05, 3.63) is 35.4 Å². The molecule has 0 saturated heterocycles. The zero-order valence-electron chi connectivity index (χ0n) is 9.03. The van der Waals surface area contributed by atoms with E-state index in [-0.39, 0.29) is 0 Å². The standard InChI is InChI=1S/C13H16N2/c1-9-6-11(7-9)15-8-10-4-2-3-5-12(10)13(15)14/h2-5,9,11,14H,6-8H2,1H3. The maximum atomic E-state index is 8.15. The van der Waals surface area contributed by atoms with Crippen LogP contribution < -0.4 is 0 Å². The van der Waals surface area contributed by atoms with Gasteiger partial charge in [-0.3, -0.25) is 5.41 Å². The summed E-state index contributed by atoms with van der Waals surface area (Å²) in [6.07, 6.45) is 2.52. The van der Waals surface area contributed by atoms with Crippen LogP contribution in [-0.2, 0) is 6.54 Å². The number of fused-ring (bicyclic) bond motifs is 1. The molecule has 78 valence electrons. The van der Waals surface area contributed by atoms with Crippen LogP contribution in [0, 0.1) is 11.3 Å². The van der Waals surface area contributed by atoms with E-state index >= 15 is 0 Å². The second-order valence-electron chi connectivity index (χ2n) is 4.86. The Labute approximate surface area is 90.4 Å². The van der Waals surface area contributed by atoms with Crippen molar-refractivity contribution in [1.82, 2.24) is 4.90 Å². The summed E-state index contributed by atoms with van der Waals surface area (Å²) in [5, 5.41) is 8.15. The van der Waals surface area contributed by atoms with Crippen molar-refractivity contribution in [2.75, 3.05) is 0 Å². The van der Waals surface area contributed by atoms with Crippen LogP contribution in [0.3, 0.4) is 0 Å². The van der Waals surface area contributed by atoms with Gasteiger partial charge in [-0.05, 0) is 24.3 Å². The first-order chi connectivity index (χ1) is 7.25. The molecule has 2 heteroatoms. The van der Waals surface area contributed by atoms with Crippen LogP contribution in [0.25, 0.3) is 0 Å². The van der Waals surface area contributed by atoms with Gasteiger partial charge in [0.1, 0.15) is 5.84 Å². The Hall–Kier alpha value is -1.31. The molecule has 1 saturated carbocycles. The molecule has 0 amide bonds. The summed E-state index contributed by atoms with van der Waals surface area (Å²) in [5.41, 5.74) is 2.46. The fourth-order valence-electron chi connectivity index (χ4n) is 2.73. The molecule has 3 rings (SSSR count). The molecule has 1 aromatic rings. The first-order valence-corrected chi connectivity index (χ1v) is 5.69. The molecular formula is C13H16N2. The summed E-state index contributed by atoms with van der Waals surface area (Å²) < 4.78 is 0. The van der Waals surface area contributed by atoms with E-state index in [1.165, 1.54) is 18.4 Å². The maximum absolute atomic E-state index is 8.15. The van der Waals surface area contributed by atoms with E-state index in [0.717, 1.165) is 23.9 Å². The van der Waals surface area contributed by atoms with Crippen LogP contribution in [-0.4, -0.2) is 16.8 Å². The molecular weight excluding hydrogens is 184 g/mol. The predicted octanol–water partition coefficient (Wildman–Crippen LogP) is 2.63. The molecule has 0 aromatic heterocycles. The first kappa shape index (κ1) is 8.96.